The highest BCUT2D eigenvalue weighted by Crippen LogP contribution is 2.28. The van der Waals surface area contributed by atoms with Gasteiger partial charge in [0, 0.05) is 23.6 Å². The SMILES string of the molecule is SC(c1ccc(Cl)cc1)c1cn2cccnc2n1. The normalized spacial score (nSPS) is 12.8. The molecule has 1 aromatic carbocycles. The first-order chi connectivity index (χ1) is 8.74. The van der Waals surface area contributed by atoms with Crippen LogP contribution in [0.1, 0.15) is 16.5 Å². The Balaban J connectivity index is 2.00. The molecule has 0 fully saturated rings. The van der Waals surface area contributed by atoms with E-state index in [9.17, 15) is 0 Å². The summed E-state index contributed by atoms with van der Waals surface area (Å²) in [7, 11) is 0. The Morgan fingerprint density at radius 2 is 2.00 bits per heavy atom. The zero-order chi connectivity index (χ0) is 12.5. The molecule has 0 radical (unpaired) electrons. The van der Waals surface area contributed by atoms with Crippen LogP contribution in [0, 0.1) is 0 Å². The van der Waals surface area contributed by atoms with E-state index in [1.165, 1.54) is 0 Å². The van der Waals surface area contributed by atoms with Crippen molar-refractivity contribution in [2.75, 3.05) is 0 Å². The number of thiol groups is 1. The molecule has 0 amide bonds. The van der Waals surface area contributed by atoms with Crippen LogP contribution in [0.25, 0.3) is 5.78 Å². The zero-order valence-corrected chi connectivity index (χ0v) is 11.0. The molecular formula is C13H10ClN3S. The van der Waals surface area contributed by atoms with Crippen molar-refractivity contribution in [1.29, 1.82) is 0 Å². The fourth-order valence-electron chi connectivity index (χ4n) is 1.80. The summed E-state index contributed by atoms with van der Waals surface area (Å²) >= 11 is 10.5. The van der Waals surface area contributed by atoms with Crippen molar-refractivity contribution in [2.45, 2.75) is 5.25 Å². The lowest BCUT2D eigenvalue weighted by Crippen LogP contribution is -1.93. The fourth-order valence-corrected chi connectivity index (χ4v) is 2.22. The van der Waals surface area contributed by atoms with Crippen LogP contribution in [0.15, 0.2) is 48.9 Å². The molecule has 0 aliphatic rings. The molecule has 2 aromatic heterocycles. The van der Waals surface area contributed by atoms with Crippen LogP contribution in [0.4, 0.5) is 0 Å². The second kappa shape index (κ2) is 4.63. The first-order valence-corrected chi connectivity index (χ1v) is 6.36. The van der Waals surface area contributed by atoms with Crippen LogP contribution in [0.2, 0.25) is 5.02 Å². The average molecular weight is 276 g/mol. The van der Waals surface area contributed by atoms with Crippen LogP contribution < -0.4 is 0 Å². The monoisotopic (exact) mass is 275 g/mol. The van der Waals surface area contributed by atoms with E-state index in [1.807, 2.05) is 47.1 Å². The standard InChI is InChI=1S/C13H10ClN3S/c14-10-4-2-9(3-5-10)12(18)11-8-17-7-1-6-15-13(17)16-11/h1-8,12,18H. The molecule has 90 valence electrons. The average Bonchev–Trinajstić information content (AvgIpc) is 2.82. The Kier molecular flexibility index (Phi) is 2.97. The largest absolute Gasteiger partial charge is 0.291 e. The van der Waals surface area contributed by atoms with Gasteiger partial charge in [-0.2, -0.15) is 12.6 Å². The van der Waals surface area contributed by atoms with Gasteiger partial charge in [0.25, 0.3) is 0 Å². The Morgan fingerprint density at radius 1 is 1.22 bits per heavy atom. The molecule has 0 saturated heterocycles. The molecular weight excluding hydrogens is 266 g/mol. The summed E-state index contributed by atoms with van der Waals surface area (Å²) in [6.45, 7) is 0. The minimum Gasteiger partial charge on any atom is -0.291 e. The lowest BCUT2D eigenvalue weighted by Gasteiger charge is -2.07. The van der Waals surface area contributed by atoms with Crippen molar-refractivity contribution < 1.29 is 0 Å². The summed E-state index contributed by atoms with van der Waals surface area (Å²) < 4.78 is 1.88. The fraction of sp³-hybridized carbons (Fsp3) is 0.0769. The summed E-state index contributed by atoms with van der Waals surface area (Å²) in [4.78, 5) is 8.64. The van der Waals surface area contributed by atoms with Gasteiger partial charge in [-0.1, -0.05) is 23.7 Å². The van der Waals surface area contributed by atoms with Gasteiger partial charge < -0.3 is 0 Å². The summed E-state index contributed by atoms with van der Waals surface area (Å²) in [5.74, 6) is 0.681. The highest BCUT2D eigenvalue weighted by Gasteiger charge is 2.13. The Labute approximate surface area is 115 Å². The molecule has 0 bridgehead atoms. The number of hydrogen-bond donors (Lipinski definition) is 1. The van der Waals surface area contributed by atoms with Gasteiger partial charge in [-0.25, -0.2) is 9.97 Å². The van der Waals surface area contributed by atoms with Crippen molar-refractivity contribution in [3.05, 3.63) is 65.2 Å². The van der Waals surface area contributed by atoms with Gasteiger partial charge in [-0.05, 0) is 23.8 Å². The molecule has 1 unspecified atom stereocenters. The molecule has 3 nitrogen and oxygen atoms in total. The van der Waals surface area contributed by atoms with E-state index in [4.69, 9.17) is 11.6 Å². The molecule has 0 spiro atoms. The molecule has 5 heteroatoms. The highest BCUT2D eigenvalue weighted by molar-refractivity contribution is 7.80. The Bertz CT molecular complexity index is 645. The third-order valence-corrected chi connectivity index (χ3v) is 3.53. The van der Waals surface area contributed by atoms with Gasteiger partial charge in [0.05, 0.1) is 10.9 Å². The Morgan fingerprint density at radius 3 is 2.72 bits per heavy atom. The number of hydrogen-bond acceptors (Lipinski definition) is 3. The number of rotatable bonds is 2. The lowest BCUT2D eigenvalue weighted by atomic mass is 10.1. The van der Waals surface area contributed by atoms with Crippen molar-refractivity contribution >= 4 is 30.0 Å². The number of benzene rings is 1. The molecule has 0 aliphatic heterocycles. The van der Waals surface area contributed by atoms with Crippen LogP contribution in [0.5, 0.6) is 0 Å². The lowest BCUT2D eigenvalue weighted by molar-refractivity contribution is 1.09. The van der Waals surface area contributed by atoms with E-state index in [0.717, 1.165) is 16.3 Å². The first-order valence-electron chi connectivity index (χ1n) is 5.47. The third-order valence-electron chi connectivity index (χ3n) is 2.72. The van der Waals surface area contributed by atoms with Gasteiger partial charge in [-0.3, -0.25) is 4.40 Å². The molecule has 3 rings (SSSR count). The predicted molar refractivity (Wildman–Crippen MR) is 75.3 cm³/mol. The maximum absolute atomic E-state index is 5.87. The second-order valence-electron chi connectivity index (χ2n) is 3.95. The zero-order valence-electron chi connectivity index (χ0n) is 9.36. The number of nitrogens with zero attached hydrogens (tertiary/aromatic N) is 3. The van der Waals surface area contributed by atoms with Crippen LogP contribution >= 0.6 is 24.2 Å². The molecule has 0 saturated carbocycles. The molecule has 3 aromatic rings. The molecule has 0 N–H and O–H groups in total. The second-order valence-corrected chi connectivity index (χ2v) is 4.90. The summed E-state index contributed by atoms with van der Waals surface area (Å²) in [5, 5.41) is 0.639. The third kappa shape index (κ3) is 2.09. The highest BCUT2D eigenvalue weighted by atomic mass is 35.5. The molecule has 0 aliphatic carbocycles. The van der Waals surface area contributed by atoms with Crippen molar-refractivity contribution in [3.8, 4) is 0 Å². The molecule has 2 heterocycles. The predicted octanol–water partition coefficient (Wildman–Crippen LogP) is 3.40. The maximum Gasteiger partial charge on any atom is 0.233 e. The number of imidazole rings is 1. The van der Waals surface area contributed by atoms with Crippen molar-refractivity contribution in [2.24, 2.45) is 0 Å². The van der Waals surface area contributed by atoms with Crippen LogP contribution in [-0.4, -0.2) is 14.4 Å². The van der Waals surface area contributed by atoms with E-state index >= 15 is 0 Å². The first kappa shape index (κ1) is 11.6. The smallest absolute Gasteiger partial charge is 0.233 e. The van der Waals surface area contributed by atoms with E-state index in [2.05, 4.69) is 22.6 Å². The van der Waals surface area contributed by atoms with Crippen molar-refractivity contribution in [3.63, 3.8) is 0 Å². The van der Waals surface area contributed by atoms with Crippen LogP contribution in [-0.2, 0) is 0 Å². The van der Waals surface area contributed by atoms with E-state index < -0.39 is 0 Å². The van der Waals surface area contributed by atoms with Gasteiger partial charge >= 0.3 is 0 Å². The van der Waals surface area contributed by atoms with Gasteiger partial charge in [0.15, 0.2) is 0 Å². The summed E-state index contributed by atoms with van der Waals surface area (Å²) in [6, 6.07) is 9.49. The van der Waals surface area contributed by atoms with Gasteiger partial charge in [0.2, 0.25) is 5.78 Å². The van der Waals surface area contributed by atoms with E-state index in [0.29, 0.717) is 5.78 Å². The number of fused-ring (bicyclic) bond motifs is 1. The number of halogens is 1. The summed E-state index contributed by atoms with van der Waals surface area (Å²) in [5.41, 5.74) is 1.94. The van der Waals surface area contributed by atoms with E-state index in [-0.39, 0.29) is 5.25 Å². The van der Waals surface area contributed by atoms with Crippen molar-refractivity contribution in [1.82, 2.24) is 14.4 Å². The molecule has 18 heavy (non-hydrogen) atoms. The minimum atomic E-state index is -0.0797. The maximum atomic E-state index is 5.87. The van der Waals surface area contributed by atoms with E-state index in [1.54, 1.807) is 6.20 Å². The van der Waals surface area contributed by atoms with Crippen LogP contribution in [0.3, 0.4) is 0 Å². The Hall–Kier alpha value is -1.52. The minimum absolute atomic E-state index is 0.0797. The topological polar surface area (TPSA) is 30.2 Å². The summed E-state index contributed by atoms with van der Waals surface area (Å²) in [6.07, 6.45) is 5.58. The van der Waals surface area contributed by atoms with Gasteiger partial charge in [-0.15, -0.1) is 0 Å². The number of aromatic nitrogens is 3. The quantitative estimate of drug-likeness (QED) is 0.727. The van der Waals surface area contributed by atoms with Gasteiger partial charge in [0.1, 0.15) is 0 Å². The molecule has 1 atom stereocenters.